The molecule has 4 nitrogen and oxygen atoms in total. The van der Waals surface area contributed by atoms with Crippen molar-refractivity contribution in [3.63, 3.8) is 0 Å². The summed E-state index contributed by atoms with van der Waals surface area (Å²) in [5.74, 6) is 0.917. The summed E-state index contributed by atoms with van der Waals surface area (Å²) >= 11 is 0. The van der Waals surface area contributed by atoms with Crippen LogP contribution in [0.4, 0.5) is 5.82 Å². The first kappa shape index (κ1) is 13.5. The van der Waals surface area contributed by atoms with Crippen LogP contribution >= 0.6 is 0 Å². The van der Waals surface area contributed by atoms with Crippen molar-refractivity contribution in [3.8, 4) is 0 Å². The van der Waals surface area contributed by atoms with Crippen LogP contribution in [0.25, 0.3) is 0 Å². The minimum atomic E-state index is -0.0309. The molecule has 0 bridgehead atoms. The van der Waals surface area contributed by atoms with Gasteiger partial charge in [0.2, 0.25) is 0 Å². The molecule has 2 rings (SSSR count). The second-order valence-electron chi connectivity index (χ2n) is 4.83. The Bertz CT molecular complexity index is 551. The van der Waals surface area contributed by atoms with Crippen LogP contribution in [0.2, 0.25) is 0 Å². The summed E-state index contributed by atoms with van der Waals surface area (Å²) in [7, 11) is 2.01. The summed E-state index contributed by atoms with van der Waals surface area (Å²) in [6.45, 7) is 4.69. The van der Waals surface area contributed by atoms with Gasteiger partial charge in [0, 0.05) is 30.5 Å². The van der Waals surface area contributed by atoms with E-state index in [1.807, 2.05) is 51.2 Å². The summed E-state index contributed by atoms with van der Waals surface area (Å²) in [5, 5.41) is 0. The fourth-order valence-corrected chi connectivity index (χ4v) is 2.09. The molecule has 19 heavy (non-hydrogen) atoms. The molecule has 1 unspecified atom stereocenters. The molecular formula is C15H20N4. The Kier molecular flexibility index (Phi) is 4.12. The van der Waals surface area contributed by atoms with Gasteiger partial charge in [-0.2, -0.15) is 0 Å². The van der Waals surface area contributed by atoms with Crippen LogP contribution in [0.1, 0.15) is 29.9 Å². The fraction of sp³-hybridized carbons (Fsp3) is 0.333. The van der Waals surface area contributed by atoms with Gasteiger partial charge in [0.1, 0.15) is 5.82 Å². The third kappa shape index (κ3) is 3.29. The Morgan fingerprint density at radius 2 is 2.05 bits per heavy atom. The predicted molar refractivity (Wildman–Crippen MR) is 77.9 cm³/mol. The average Bonchev–Trinajstić information content (AvgIpc) is 2.38. The molecule has 0 aliphatic heterocycles. The number of nitrogens with two attached hydrogens (primary N) is 1. The highest BCUT2D eigenvalue weighted by Crippen LogP contribution is 2.22. The summed E-state index contributed by atoms with van der Waals surface area (Å²) < 4.78 is 0. The smallest absolute Gasteiger partial charge is 0.133 e. The normalized spacial score (nSPS) is 12.2. The molecule has 0 aliphatic carbocycles. The number of aromatic nitrogens is 2. The molecule has 0 saturated carbocycles. The molecule has 100 valence electrons. The minimum Gasteiger partial charge on any atom is -0.354 e. The SMILES string of the molecule is Cc1cccc(CN(C)c2ncccc2C(C)N)n1. The Hall–Kier alpha value is -1.94. The molecule has 4 heteroatoms. The molecule has 0 amide bonds. The van der Waals surface area contributed by atoms with E-state index in [1.165, 1.54) is 0 Å². The lowest BCUT2D eigenvalue weighted by Crippen LogP contribution is -2.22. The van der Waals surface area contributed by atoms with Crippen LogP contribution in [0.5, 0.6) is 0 Å². The van der Waals surface area contributed by atoms with Crippen LogP contribution < -0.4 is 10.6 Å². The van der Waals surface area contributed by atoms with Crippen LogP contribution in [0.3, 0.4) is 0 Å². The van der Waals surface area contributed by atoms with E-state index in [0.717, 1.165) is 29.3 Å². The molecule has 2 N–H and O–H groups in total. The number of pyridine rings is 2. The maximum absolute atomic E-state index is 5.99. The molecule has 0 fully saturated rings. The minimum absolute atomic E-state index is 0.0309. The van der Waals surface area contributed by atoms with Crippen molar-refractivity contribution in [2.75, 3.05) is 11.9 Å². The maximum Gasteiger partial charge on any atom is 0.133 e. The molecule has 0 aromatic carbocycles. The molecule has 0 aliphatic rings. The van der Waals surface area contributed by atoms with Crippen molar-refractivity contribution < 1.29 is 0 Å². The monoisotopic (exact) mass is 256 g/mol. The molecule has 0 radical (unpaired) electrons. The van der Waals surface area contributed by atoms with Gasteiger partial charge in [-0.05, 0) is 32.0 Å². The van der Waals surface area contributed by atoms with Crippen molar-refractivity contribution >= 4 is 5.82 Å². The van der Waals surface area contributed by atoms with Crippen LogP contribution in [-0.4, -0.2) is 17.0 Å². The van der Waals surface area contributed by atoms with Crippen molar-refractivity contribution in [3.05, 3.63) is 53.5 Å². The maximum atomic E-state index is 5.99. The van der Waals surface area contributed by atoms with Gasteiger partial charge < -0.3 is 10.6 Å². The Morgan fingerprint density at radius 3 is 2.74 bits per heavy atom. The lowest BCUT2D eigenvalue weighted by atomic mass is 10.1. The summed E-state index contributed by atoms with van der Waals surface area (Å²) in [6.07, 6.45) is 1.79. The summed E-state index contributed by atoms with van der Waals surface area (Å²) in [6, 6.07) is 9.96. The number of anilines is 1. The van der Waals surface area contributed by atoms with E-state index in [-0.39, 0.29) is 6.04 Å². The first-order valence-electron chi connectivity index (χ1n) is 6.42. The van der Waals surface area contributed by atoms with Gasteiger partial charge in [-0.15, -0.1) is 0 Å². The van der Waals surface area contributed by atoms with Crippen molar-refractivity contribution in [1.82, 2.24) is 9.97 Å². The van der Waals surface area contributed by atoms with E-state index in [0.29, 0.717) is 0 Å². The lowest BCUT2D eigenvalue weighted by molar-refractivity contribution is 0.782. The highest BCUT2D eigenvalue weighted by atomic mass is 15.2. The number of hydrogen-bond acceptors (Lipinski definition) is 4. The second kappa shape index (κ2) is 5.80. The predicted octanol–water partition coefficient (Wildman–Crippen LogP) is 2.44. The van der Waals surface area contributed by atoms with Gasteiger partial charge >= 0.3 is 0 Å². The molecule has 0 saturated heterocycles. The molecule has 2 heterocycles. The van der Waals surface area contributed by atoms with Crippen molar-refractivity contribution in [2.45, 2.75) is 26.4 Å². The van der Waals surface area contributed by atoms with Gasteiger partial charge in [-0.25, -0.2) is 4.98 Å². The van der Waals surface area contributed by atoms with E-state index in [4.69, 9.17) is 5.73 Å². The summed E-state index contributed by atoms with van der Waals surface area (Å²) in [5.41, 5.74) is 9.10. The topological polar surface area (TPSA) is 55.0 Å². The molecule has 0 spiro atoms. The second-order valence-corrected chi connectivity index (χ2v) is 4.83. The quantitative estimate of drug-likeness (QED) is 0.913. The molecule has 2 aromatic rings. The van der Waals surface area contributed by atoms with E-state index in [9.17, 15) is 0 Å². The average molecular weight is 256 g/mol. The third-order valence-electron chi connectivity index (χ3n) is 3.01. The molecule has 1 atom stereocenters. The zero-order valence-electron chi connectivity index (χ0n) is 11.7. The zero-order valence-corrected chi connectivity index (χ0v) is 11.7. The van der Waals surface area contributed by atoms with Gasteiger partial charge in [0.25, 0.3) is 0 Å². The number of hydrogen-bond donors (Lipinski definition) is 1. The van der Waals surface area contributed by atoms with E-state index in [2.05, 4.69) is 14.9 Å². The van der Waals surface area contributed by atoms with Gasteiger partial charge in [0.15, 0.2) is 0 Å². The van der Waals surface area contributed by atoms with Gasteiger partial charge in [0.05, 0.1) is 12.2 Å². The van der Waals surface area contributed by atoms with E-state index >= 15 is 0 Å². The Morgan fingerprint density at radius 1 is 1.26 bits per heavy atom. The van der Waals surface area contributed by atoms with E-state index < -0.39 is 0 Å². The lowest BCUT2D eigenvalue weighted by Gasteiger charge is -2.22. The van der Waals surface area contributed by atoms with Crippen LogP contribution in [0.15, 0.2) is 36.5 Å². The third-order valence-corrected chi connectivity index (χ3v) is 3.01. The number of aryl methyl sites for hydroxylation is 1. The molecule has 2 aromatic heterocycles. The largest absolute Gasteiger partial charge is 0.354 e. The van der Waals surface area contributed by atoms with Crippen LogP contribution in [0, 0.1) is 6.92 Å². The van der Waals surface area contributed by atoms with Crippen molar-refractivity contribution in [2.24, 2.45) is 5.73 Å². The summed E-state index contributed by atoms with van der Waals surface area (Å²) in [4.78, 5) is 11.0. The van der Waals surface area contributed by atoms with Gasteiger partial charge in [-0.3, -0.25) is 4.98 Å². The fourth-order valence-electron chi connectivity index (χ4n) is 2.09. The Labute approximate surface area is 114 Å². The van der Waals surface area contributed by atoms with Crippen LogP contribution in [-0.2, 0) is 6.54 Å². The first-order valence-corrected chi connectivity index (χ1v) is 6.42. The molecular weight excluding hydrogens is 236 g/mol. The zero-order chi connectivity index (χ0) is 13.8. The number of nitrogens with zero attached hydrogens (tertiary/aromatic N) is 3. The van der Waals surface area contributed by atoms with E-state index in [1.54, 1.807) is 6.20 Å². The first-order chi connectivity index (χ1) is 9.08. The van der Waals surface area contributed by atoms with Gasteiger partial charge in [-0.1, -0.05) is 12.1 Å². The highest BCUT2D eigenvalue weighted by molar-refractivity contribution is 5.47. The highest BCUT2D eigenvalue weighted by Gasteiger charge is 2.12. The standard InChI is InChI=1S/C15H20N4/c1-11-6-4-7-13(18-11)10-19(3)15-14(12(2)16)8-5-9-17-15/h4-9,12H,10,16H2,1-3H3. The Balaban J connectivity index is 2.23. The van der Waals surface area contributed by atoms with Crippen molar-refractivity contribution in [1.29, 1.82) is 0 Å². The number of rotatable bonds is 4.